The minimum atomic E-state index is -0.0712. The number of hydrogen-bond donors (Lipinski definition) is 0. The lowest BCUT2D eigenvalue weighted by Crippen LogP contribution is -2.23. The van der Waals surface area contributed by atoms with Gasteiger partial charge in [-0.3, -0.25) is 4.79 Å². The number of halogens is 1. The summed E-state index contributed by atoms with van der Waals surface area (Å²) in [7, 11) is 0. The number of benzene rings is 2. The van der Waals surface area contributed by atoms with Gasteiger partial charge in [0.1, 0.15) is 5.76 Å². The highest BCUT2D eigenvalue weighted by atomic mass is 35.5. The Morgan fingerprint density at radius 1 is 1.08 bits per heavy atom. The van der Waals surface area contributed by atoms with Crippen LogP contribution in [0, 0.1) is 13.8 Å². The van der Waals surface area contributed by atoms with E-state index < -0.39 is 0 Å². The topological polar surface area (TPSA) is 48.0 Å². The zero-order chi connectivity index (χ0) is 18.3. The third-order valence-corrected chi connectivity index (χ3v) is 4.78. The molecule has 0 saturated carbocycles. The lowest BCUT2D eigenvalue weighted by molar-refractivity contribution is 0.393. The standard InChI is InChI=1S/C21H17ClN2O2/c1-13-20(14(2)26-23-13)18-11-16-10-17(22)8-9-19(16)24(21(18)25)12-15-6-4-3-5-7-15/h3-11H,12H2,1-2H3. The first-order chi connectivity index (χ1) is 12.5. The fraction of sp³-hybridized carbons (Fsp3) is 0.143. The fourth-order valence-corrected chi connectivity index (χ4v) is 3.51. The Balaban J connectivity index is 2.03. The van der Waals surface area contributed by atoms with Crippen molar-refractivity contribution in [2.75, 3.05) is 0 Å². The van der Waals surface area contributed by atoms with Crippen molar-refractivity contribution in [3.8, 4) is 11.1 Å². The van der Waals surface area contributed by atoms with Crippen LogP contribution >= 0.6 is 11.6 Å². The molecule has 0 bridgehead atoms. The monoisotopic (exact) mass is 364 g/mol. The van der Waals surface area contributed by atoms with Crippen molar-refractivity contribution in [1.29, 1.82) is 0 Å². The molecular weight excluding hydrogens is 348 g/mol. The third kappa shape index (κ3) is 2.82. The van der Waals surface area contributed by atoms with Gasteiger partial charge in [-0.05, 0) is 43.7 Å². The van der Waals surface area contributed by atoms with E-state index in [1.54, 1.807) is 10.6 Å². The Hall–Kier alpha value is -2.85. The van der Waals surface area contributed by atoms with Gasteiger partial charge in [-0.15, -0.1) is 0 Å². The number of fused-ring (bicyclic) bond motifs is 1. The van der Waals surface area contributed by atoms with Crippen LogP contribution in [0.5, 0.6) is 0 Å². The first-order valence-electron chi connectivity index (χ1n) is 8.35. The smallest absolute Gasteiger partial charge is 0.259 e. The molecule has 2 aromatic heterocycles. The second kappa shape index (κ2) is 6.46. The van der Waals surface area contributed by atoms with E-state index in [0.29, 0.717) is 28.6 Å². The van der Waals surface area contributed by atoms with Crippen molar-refractivity contribution in [1.82, 2.24) is 9.72 Å². The molecule has 4 rings (SSSR count). The van der Waals surface area contributed by atoms with Gasteiger partial charge in [-0.2, -0.15) is 0 Å². The molecule has 4 nitrogen and oxygen atoms in total. The molecule has 2 aromatic carbocycles. The van der Waals surface area contributed by atoms with Gasteiger partial charge < -0.3 is 9.09 Å². The van der Waals surface area contributed by atoms with Crippen molar-refractivity contribution in [3.05, 3.63) is 87.0 Å². The van der Waals surface area contributed by atoms with Gasteiger partial charge in [0, 0.05) is 10.4 Å². The summed E-state index contributed by atoms with van der Waals surface area (Å²) >= 11 is 6.19. The van der Waals surface area contributed by atoms with Crippen LogP contribution in [-0.2, 0) is 6.54 Å². The highest BCUT2D eigenvalue weighted by Gasteiger charge is 2.18. The average Bonchev–Trinajstić information content (AvgIpc) is 2.96. The molecule has 0 aliphatic heterocycles. The lowest BCUT2D eigenvalue weighted by Gasteiger charge is -2.13. The van der Waals surface area contributed by atoms with E-state index in [2.05, 4.69) is 5.16 Å². The largest absolute Gasteiger partial charge is 0.361 e. The zero-order valence-electron chi connectivity index (χ0n) is 14.5. The number of pyridine rings is 1. The molecule has 0 saturated heterocycles. The summed E-state index contributed by atoms with van der Waals surface area (Å²) < 4.78 is 7.05. The first kappa shape index (κ1) is 16.6. The summed E-state index contributed by atoms with van der Waals surface area (Å²) in [5, 5.41) is 5.53. The van der Waals surface area contributed by atoms with Gasteiger partial charge in [0.05, 0.1) is 28.9 Å². The molecule has 0 spiro atoms. The van der Waals surface area contributed by atoms with Crippen molar-refractivity contribution >= 4 is 22.5 Å². The Morgan fingerprint density at radius 3 is 2.54 bits per heavy atom. The molecule has 5 heteroatoms. The Morgan fingerprint density at radius 2 is 1.85 bits per heavy atom. The molecule has 0 N–H and O–H groups in total. The maximum atomic E-state index is 13.3. The van der Waals surface area contributed by atoms with Crippen LogP contribution in [-0.4, -0.2) is 9.72 Å². The molecule has 0 aliphatic carbocycles. The van der Waals surface area contributed by atoms with Gasteiger partial charge in [-0.25, -0.2) is 0 Å². The number of rotatable bonds is 3. The summed E-state index contributed by atoms with van der Waals surface area (Å²) in [6.45, 7) is 4.14. The minimum absolute atomic E-state index is 0.0712. The highest BCUT2D eigenvalue weighted by Crippen LogP contribution is 2.28. The molecule has 0 aliphatic rings. The predicted octanol–water partition coefficient (Wildman–Crippen LogP) is 4.98. The van der Waals surface area contributed by atoms with E-state index in [0.717, 1.165) is 22.0 Å². The number of aromatic nitrogens is 2. The number of aryl methyl sites for hydroxylation is 2. The van der Waals surface area contributed by atoms with Crippen molar-refractivity contribution < 1.29 is 4.52 Å². The normalized spacial score (nSPS) is 11.2. The Kier molecular flexibility index (Phi) is 4.13. The summed E-state index contributed by atoms with van der Waals surface area (Å²) in [5.74, 6) is 0.632. The van der Waals surface area contributed by atoms with E-state index >= 15 is 0 Å². The second-order valence-electron chi connectivity index (χ2n) is 6.34. The first-order valence-corrected chi connectivity index (χ1v) is 8.72. The molecule has 2 heterocycles. The van der Waals surface area contributed by atoms with E-state index in [-0.39, 0.29) is 5.56 Å². The molecule has 0 fully saturated rings. The van der Waals surface area contributed by atoms with Crippen LogP contribution in [0.2, 0.25) is 5.02 Å². The number of nitrogens with zero attached hydrogens (tertiary/aromatic N) is 2. The van der Waals surface area contributed by atoms with Gasteiger partial charge >= 0.3 is 0 Å². The molecular formula is C21H17ClN2O2. The fourth-order valence-electron chi connectivity index (χ4n) is 3.33. The molecule has 0 radical (unpaired) electrons. The van der Waals surface area contributed by atoms with Crippen LogP contribution < -0.4 is 5.56 Å². The maximum absolute atomic E-state index is 13.3. The van der Waals surface area contributed by atoms with Gasteiger partial charge in [-0.1, -0.05) is 47.1 Å². The lowest BCUT2D eigenvalue weighted by atomic mass is 10.0. The summed E-state index contributed by atoms with van der Waals surface area (Å²) in [6, 6.07) is 17.4. The van der Waals surface area contributed by atoms with Crippen molar-refractivity contribution in [2.45, 2.75) is 20.4 Å². The molecule has 4 aromatic rings. The van der Waals surface area contributed by atoms with Crippen LogP contribution in [0.4, 0.5) is 0 Å². The van der Waals surface area contributed by atoms with Crippen LogP contribution in [0.1, 0.15) is 17.0 Å². The van der Waals surface area contributed by atoms with Gasteiger partial charge in [0.2, 0.25) is 0 Å². The molecule has 26 heavy (non-hydrogen) atoms. The van der Waals surface area contributed by atoms with E-state index in [9.17, 15) is 4.79 Å². The van der Waals surface area contributed by atoms with E-state index in [1.165, 1.54) is 0 Å². The predicted molar refractivity (Wildman–Crippen MR) is 104 cm³/mol. The van der Waals surface area contributed by atoms with Gasteiger partial charge in [0.15, 0.2) is 0 Å². The van der Waals surface area contributed by atoms with E-state index in [4.69, 9.17) is 16.1 Å². The minimum Gasteiger partial charge on any atom is -0.361 e. The van der Waals surface area contributed by atoms with Gasteiger partial charge in [0.25, 0.3) is 5.56 Å². The SMILES string of the molecule is Cc1noc(C)c1-c1cc2cc(Cl)ccc2n(Cc2ccccc2)c1=O. The second-order valence-corrected chi connectivity index (χ2v) is 6.77. The van der Waals surface area contributed by atoms with Crippen LogP contribution in [0.25, 0.3) is 22.0 Å². The summed E-state index contributed by atoms with van der Waals surface area (Å²) in [4.78, 5) is 13.3. The molecule has 130 valence electrons. The van der Waals surface area contributed by atoms with E-state index in [1.807, 2.05) is 62.4 Å². The Labute approximate surface area is 155 Å². The molecule has 0 unspecified atom stereocenters. The summed E-state index contributed by atoms with van der Waals surface area (Å²) in [5.41, 5.74) is 3.86. The molecule has 0 atom stereocenters. The Bertz CT molecular complexity index is 1140. The quantitative estimate of drug-likeness (QED) is 0.515. The van der Waals surface area contributed by atoms with Crippen molar-refractivity contribution in [3.63, 3.8) is 0 Å². The maximum Gasteiger partial charge on any atom is 0.259 e. The van der Waals surface area contributed by atoms with Crippen molar-refractivity contribution in [2.24, 2.45) is 0 Å². The number of hydrogen-bond acceptors (Lipinski definition) is 3. The van der Waals surface area contributed by atoms with Crippen LogP contribution in [0.15, 0.2) is 63.9 Å². The average molecular weight is 365 g/mol. The summed E-state index contributed by atoms with van der Waals surface area (Å²) in [6.07, 6.45) is 0. The zero-order valence-corrected chi connectivity index (χ0v) is 15.2. The van der Waals surface area contributed by atoms with Crippen LogP contribution in [0.3, 0.4) is 0 Å². The molecule has 0 amide bonds. The third-order valence-electron chi connectivity index (χ3n) is 4.54. The highest BCUT2D eigenvalue weighted by molar-refractivity contribution is 6.31.